The maximum Gasteiger partial charge on any atom is 0.203 e. The van der Waals surface area contributed by atoms with Gasteiger partial charge in [0.05, 0.1) is 20.3 Å². The molecule has 138 valence electrons. The predicted octanol–water partition coefficient (Wildman–Crippen LogP) is 3.59. The third-order valence-corrected chi connectivity index (χ3v) is 4.70. The van der Waals surface area contributed by atoms with Crippen LogP contribution in [0.2, 0.25) is 0 Å². The van der Waals surface area contributed by atoms with E-state index in [0.29, 0.717) is 18.6 Å². The van der Waals surface area contributed by atoms with Gasteiger partial charge in [0.2, 0.25) is 5.75 Å². The molecule has 1 aliphatic carbocycles. The second kappa shape index (κ2) is 7.00. The number of benzene rings is 2. The summed E-state index contributed by atoms with van der Waals surface area (Å²) in [5.41, 5.74) is 2.97. The van der Waals surface area contributed by atoms with E-state index in [1.54, 1.807) is 12.1 Å². The number of hydrogen-bond donors (Lipinski definition) is 2. The van der Waals surface area contributed by atoms with Crippen molar-refractivity contribution in [1.29, 1.82) is 0 Å². The fraction of sp³-hybridized carbons (Fsp3) is 0.381. The lowest BCUT2D eigenvalue weighted by Gasteiger charge is -2.24. The molecule has 0 aliphatic heterocycles. The molecule has 0 amide bonds. The lowest BCUT2D eigenvalue weighted by atomic mass is 9.94. The summed E-state index contributed by atoms with van der Waals surface area (Å²) >= 11 is 0. The molecule has 5 heteroatoms. The highest BCUT2D eigenvalue weighted by atomic mass is 16.5. The van der Waals surface area contributed by atoms with Crippen molar-refractivity contribution in [3.05, 3.63) is 41.5 Å². The Labute approximate surface area is 153 Å². The number of hydrogen-bond acceptors (Lipinski definition) is 5. The minimum absolute atomic E-state index is 0.0169. The minimum atomic E-state index is -0.442. The number of ether oxygens (including phenoxy) is 2. The van der Waals surface area contributed by atoms with Gasteiger partial charge in [-0.1, -0.05) is 32.0 Å². The molecule has 0 atom stereocenters. The topological polar surface area (TPSA) is 76.0 Å². The van der Waals surface area contributed by atoms with E-state index in [-0.39, 0.29) is 30.5 Å². The van der Waals surface area contributed by atoms with Gasteiger partial charge in [0.1, 0.15) is 0 Å². The molecular weight excluding hydrogens is 332 g/mol. The van der Waals surface area contributed by atoms with Gasteiger partial charge in [0, 0.05) is 23.0 Å². The van der Waals surface area contributed by atoms with Crippen molar-refractivity contribution >= 4 is 5.78 Å². The van der Waals surface area contributed by atoms with E-state index in [9.17, 15) is 15.0 Å². The lowest BCUT2D eigenvalue weighted by molar-refractivity contribution is 0.0959. The molecule has 0 aromatic heterocycles. The Balaban J connectivity index is 2.12. The Bertz CT molecular complexity index is 839. The standard InChI is InChI=1S/C21H24O5/c1-21(2,11-22)12-26-19-16(8-10-18(24)20(19)25-3)13-5-4-6-15-14(13)7-9-17(15)23/h4-6,8,10,22,24H,7,9,11-12H2,1-3H3. The number of ketones is 1. The van der Waals surface area contributed by atoms with Crippen LogP contribution in [0.25, 0.3) is 11.1 Å². The maximum absolute atomic E-state index is 12.1. The van der Waals surface area contributed by atoms with E-state index < -0.39 is 5.41 Å². The predicted molar refractivity (Wildman–Crippen MR) is 99.1 cm³/mol. The number of carbonyl (C=O) groups is 1. The second-order valence-electron chi connectivity index (χ2n) is 7.36. The average Bonchev–Trinajstić information content (AvgIpc) is 3.01. The third kappa shape index (κ3) is 3.27. The lowest BCUT2D eigenvalue weighted by Crippen LogP contribution is -2.25. The summed E-state index contributed by atoms with van der Waals surface area (Å²) in [7, 11) is 1.47. The van der Waals surface area contributed by atoms with E-state index in [0.717, 1.165) is 22.3 Å². The summed E-state index contributed by atoms with van der Waals surface area (Å²) < 4.78 is 11.4. The van der Waals surface area contributed by atoms with Crippen LogP contribution in [-0.2, 0) is 6.42 Å². The number of rotatable bonds is 6. The molecule has 0 bridgehead atoms. The van der Waals surface area contributed by atoms with Crippen molar-refractivity contribution < 1.29 is 24.5 Å². The van der Waals surface area contributed by atoms with Gasteiger partial charge in [0.25, 0.3) is 0 Å². The molecule has 1 aliphatic rings. The molecule has 0 heterocycles. The highest BCUT2D eigenvalue weighted by molar-refractivity contribution is 6.02. The van der Waals surface area contributed by atoms with Crippen LogP contribution in [0.5, 0.6) is 17.2 Å². The molecular formula is C21H24O5. The van der Waals surface area contributed by atoms with Crippen LogP contribution in [0.1, 0.15) is 36.2 Å². The van der Waals surface area contributed by atoms with Crippen LogP contribution in [0.4, 0.5) is 0 Å². The van der Waals surface area contributed by atoms with Gasteiger partial charge in [-0.25, -0.2) is 0 Å². The summed E-state index contributed by atoms with van der Waals surface area (Å²) in [4.78, 5) is 12.1. The van der Waals surface area contributed by atoms with Crippen LogP contribution in [0.15, 0.2) is 30.3 Å². The summed E-state index contributed by atoms with van der Waals surface area (Å²) in [6.45, 7) is 4.00. The van der Waals surface area contributed by atoms with E-state index >= 15 is 0 Å². The smallest absolute Gasteiger partial charge is 0.203 e. The number of phenols is 1. The third-order valence-electron chi connectivity index (χ3n) is 4.70. The zero-order valence-electron chi connectivity index (χ0n) is 15.3. The van der Waals surface area contributed by atoms with Crippen LogP contribution < -0.4 is 9.47 Å². The molecule has 0 saturated heterocycles. The molecule has 0 radical (unpaired) electrons. The highest BCUT2D eigenvalue weighted by Gasteiger charge is 2.27. The van der Waals surface area contributed by atoms with Crippen molar-refractivity contribution in [1.82, 2.24) is 0 Å². The SMILES string of the molecule is COc1c(O)ccc(-c2cccc3c2CCC3=O)c1OCC(C)(C)CO. The van der Waals surface area contributed by atoms with Crippen molar-refractivity contribution in [3.63, 3.8) is 0 Å². The molecule has 2 aromatic rings. The van der Waals surface area contributed by atoms with Crippen LogP contribution in [0, 0.1) is 5.41 Å². The van der Waals surface area contributed by atoms with Crippen molar-refractivity contribution in [2.75, 3.05) is 20.3 Å². The van der Waals surface area contributed by atoms with Crippen molar-refractivity contribution in [2.45, 2.75) is 26.7 Å². The average molecular weight is 356 g/mol. The van der Waals surface area contributed by atoms with Crippen LogP contribution >= 0.6 is 0 Å². The Kier molecular flexibility index (Phi) is 4.92. The molecule has 26 heavy (non-hydrogen) atoms. The molecule has 2 N–H and O–H groups in total. The van der Waals surface area contributed by atoms with Gasteiger partial charge >= 0.3 is 0 Å². The molecule has 0 spiro atoms. The molecule has 0 unspecified atom stereocenters. The Morgan fingerprint density at radius 2 is 1.77 bits per heavy atom. The van der Waals surface area contributed by atoms with E-state index in [1.165, 1.54) is 7.11 Å². The molecule has 3 rings (SSSR count). The zero-order chi connectivity index (χ0) is 18.9. The fourth-order valence-corrected chi connectivity index (χ4v) is 3.16. The Morgan fingerprint density at radius 1 is 1.04 bits per heavy atom. The summed E-state index contributed by atoms with van der Waals surface area (Å²) in [6, 6.07) is 9.00. The van der Waals surface area contributed by atoms with Crippen LogP contribution in [-0.4, -0.2) is 36.3 Å². The monoisotopic (exact) mass is 356 g/mol. The van der Waals surface area contributed by atoms with E-state index in [4.69, 9.17) is 9.47 Å². The van der Waals surface area contributed by atoms with Crippen molar-refractivity contribution in [2.24, 2.45) is 5.41 Å². The van der Waals surface area contributed by atoms with Crippen LogP contribution in [0.3, 0.4) is 0 Å². The summed E-state index contributed by atoms with van der Waals surface area (Å²) in [5.74, 6) is 0.799. The number of aliphatic hydroxyl groups is 1. The Morgan fingerprint density at radius 3 is 2.46 bits per heavy atom. The normalized spacial score (nSPS) is 13.6. The number of Topliss-reactive ketones (excluding diaryl/α,β-unsaturated/α-hetero) is 1. The molecule has 2 aromatic carbocycles. The number of aromatic hydroxyl groups is 1. The number of methoxy groups -OCH3 is 1. The van der Waals surface area contributed by atoms with Gasteiger partial charge in [-0.3, -0.25) is 4.79 Å². The first-order valence-electron chi connectivity index (χ1n) is 8.67. The fourth-order valence-electron chi connectivity index (χ4n) is 3.16. The van der Waals surface area contributed by atoms with Gasteiger partial charge in [-0.2, -0.15) is 0 Å². The largest absolute Gasteiger partial charge is 0.504 e. The van der Waals surface area contributed by atoms with Gasteiger partial charge in [-0.05, 0) is 29.7 Å². The Hall–Kier alpha value is -2.53. The summed E-state index contributed by atoms with van der Waals surface area (Å²) in [6.07, 6.45) is 1.20. The van der Waals surface area contributed by atoms with E-state index in [1.807, 2.05) is 32.0 Å². The number of fused-ring (bicyclic) bond motifs is 1. The second-order valence-corrected chi connectivity index (χ2v) is 7.36. The molecule has 5 nitrogen and oxygen atoms in total. The molecule has 0 fully saturated rings. The number of aliphatic hydroxyl groups excluding tert-OH is 1. The van der Waals surface area contributed by atoms with E-state index in [2.05, 4.69) is 0 Å². The first-order chi connectivity index (χ1) is 12.4. The zero-order valence-corrected chi connectivity index (χ0v) is 15.3. The first kappa shape index (κ1) is 18.3. The quantitative estimate of drug-likeness (QED) is 0.827. The summed E-state index contributed by atoms with van der Waals surface area (Å²) in [5, 5.41) is 19.7. The first-order valence-corrected chi connectivity index (χ1v) is 8.67. The van der Waals surface area contributed by atoms with Gasteiger partial charge < -0.3 is 19.7 Å². The highest BCUT2D eigenvalue weighted by Crippen LogP contribution is 2.46. The van der Waals surface area contributed by atoms with Gasteiger partial charge in [0.15, 0.2) is 17.3 Å². The molecule has 0 saturated carbocycles. The number of phenolic OH excluding ortho intramolecular Hbond substituents is 1. The van der Waals surface area contributed by atoms with Gasteiger partial charge in [-0.15, -0.1) is 0 Å². The number of carbonyl (C=O) groups excluding carboxylic acids is 1. The van der Waals surface area contributed by atoms with Crippen molar-refractivity contribution in [3.8, 4) is 28.4 Å². The minimum Gasteiger partial charge on any atom is -0.504 e. The maximum atomic E-state index is 12.1.